The fraction of sp³-hybridized carbons (Fsp3) is 0.478. The molecule has 2 aromatic heterocycles. The molecule has 0 spiro atoms. The largest absolute Gasteiger partial charge is 0.384 e. The number of nitrogen functional groups attached to an aromatic ring is 1. The Morgan fingerprint density at radius 3 is 2.39 bits per heavy atom. The first-order valence-electron chi connectivity index (χ1n) is 11.0. The minimum absolute atomic E-state index is 0.00384. The minimum atomic E-state index is -0.0688. The van der Waals surface area contributed by atoms with Crippen LogP contribution in [0.3, 0.4) is 0 Å². The Morgan fingerprint density at radius 1 is 0.968 bits per heavy atom. The van der Waals surface area contributed by atoms with E-state index in [1.165, 1.54) is 0 Å². The first-order valence-corrected chi connectivity index (χ1v) is 11.0. The molecule has 31 heavy (non-hydrogen) atoms. The lowest BCUT2D eigenvalue weighted by Gasteiger charge is -2.37. The molecule has 2 aliphatic heterocycles. The van der Waals surface area contributed by atoms with Gasteiger partial charge in [0.15, 0.2) is 0 Å². The highest BCUT2D eigenvalue weighted by Crippen LogP contribution is 2.25. The summed E-state index contributed by atoms with van der Waals surface area (Å²) in [5.41, 5.74) is 6.92. The average Bonchev–Trinajstić information content (AvgIpc) is 2.80. The molecule has 0 bridgehead atoms. The van der Waals surface area contributed by atoms with Crippen LogP contribution in [0.5, 0.6) is 0 Å². The van der Waals surface area contributed by atoms with E-state index < -0.39 is 0 Å². The van der Waals surface area contributed by atoms with Gasteiger partial charge in [0.25, 0.3) is 0 Å². The monoisotopic (exact) mass is 422 g/mol. The van der Waals surface area contributed by atoms with Crippen molar-refractivity contribution in [3.63, 3.8) is 0 Å². The molecule has 0 atom stereocenters. The molecule has 4 heterocycles. The standard InChI is InChI=1S/C23H30N6O2/c24-20-15-17(4-10-25-20)16-28-11-5-19(6-12-28)23(31)29-13-7-18(8-14-29)22(30)27-21-3-1-2-9-26-21/h1-4,9-10,15,18-19H,5-8,11-14,16H2,(H2,24,25)(H,26,27,30). The van der Waals surface area contributed by atoms with Crippen LogP contribution in [0.2, 0.25) is 0 Å². The van der Waals surface area contributed by atoms with E-state index >= 15 is 0 Å². The summed E-state index contributed by atoms with van der Waals surface area (Å²) in [7, 11) is 0. The number of pyridine rings is 2. The van der Waals surface area contributed by atoms with Gasteiger partial charge in [0.1, 0.15) is 11.6 Å². The van der Waals surface area contributed by atoms with Crippen molar-refractivity contribution in [2.75, 3.05) is 37.2 Å². The Kier molecular flexibility index (Phi) is 6.76. The first kappa shape index (κ1) is 21.2. The van der Waals surface area contributed by atoms with Gasteiger partial charge in [-0.15, -0.1) is 0 Å². The maximum absolute atomic E-state index is 13.0. The predicted molar refractivity (Wildman–Crippen MR) is 119 cm³/mol. The summed E-state index contributed by atoms with van der Waals surface area (Å²) < 4.78 is 0. The van der Waals surface area contributed by atoms with Gasteiger partial charge >= 0.3 is 0 Å². The molecule has 2 fully saturated rings. The van der Waals surface area contributed by atoms with Crippen LogP contribution in [0.15, 0.2) is 42.7 Å². The number of carbonyl (C=O) groups excluding carboxylic acids is 2. The maximum atomic E-state index is 13.0. The molecule has 0 aliphatic carbocycles. The van der Waals surface area contributed by atoms with Gasteiger partial charge in [-0.05, 0) is 68.6 Å². The van der Waals surface area contributed by atoms with Crippen LogP contribution in [0.25, 0.3) is 0 Å². The van der Waals surface area contributed by atoms with Gasteiger partial charge in [0.05, 0.1) is 0 Å². The lowest BCUT2D eigenvalue weighted by molar-refractivity contribution is -0.139. The fourth-order valence-corrected chi connectivity index (χ4v) is 4.47. The molecule has 0 unspecified atom stereocenters. The van der Waals surface area contributed by atoms with Crippen LogP contribution in [0.4, 0.5) is 11.6 Å². The number of hydrogen-bond donors (Lipinski definition) is 2. The Hall–Kier alpha value is -3.00. The number of nitrogens with zero attached hydrogens (tertiary/aromatic N) is 4. The molecule has 3 N–H and O–H groups in total. The van der Waals surface area contributed by atoms with Crippen molar-refractivity contribution in [2.45, 2.75) is 32.2 Å². The number of aromatic nitrogens is 2. The van der Waals surface area contributed by atoms with E-state index in [4.69, 9.17) is 5.73 Å². The molecule has 8 heteroatoms. The Morgan fingerprint density at radius 2 is 1.71 bits per heavy atom. The summed E-state index contributed by atoms with van der Waals surface area (Å²) in [5.74, 6) is 1.37. The molecule has 0 aromatic carbocycles. The van der Waals surface area contributed by atoms with E-state index in [0.29, 0.717) is 37.6 Å². The minimum Gasteiger partial charge on any atom is -0.384 e. The molecule has 2 aliphatic rings. The lowest BCUT2D eigenvalue weighted by atomic mass is 9.91. The van der Waals surface area contributed by atoms with Crippen molar-refractivity contribution in [1.82, 2.24) is 19.8 Å². The summed E-state index contributed by atoms with van der Waals surface area (Å²) in [4.78, 5) is 38.0. The lowest BCUT2D eigenvalue weighted by Crippen LogP contribution is -2.46. The number of likely N-dealkylation sites (tertiary alicyclic amines) is 2. The van der Waals surface area contributed by atoms with E-state index in [0.717, 1.165) is 38.0 Å². The Labute approximate surface area is 182 Å². The molecular formula is C23H30N6O2. The van der Waals surface area contributed by atoms with Crippen LogP contribution in [0.1, 0.15) is 31.2 Å². The SMILES string of the molecule is Nc1cc(CN2CCC(C(=O)N3CCC(C(=O)Nc4ccccn4)CC3)CC2)ccn1. The quantitative estimate of drug-likeness (QED) is 0.765. The molecule has 2 aromatic rings. The van der Waals surface area contributed by atoms with Gasteiger partial charge in [0.2, 0.25) is 11.8 Å². The molecule has 4 rings (SSSR count). The van der Waals surface area contributed by atoms with E-state index in [2.05, 4.69) is 20.2 Å². The number of rotatable bonds is 5. The second-order valence-electron chi connectivity index (χ2n) is 8.44. The maximum Gasteiger partial charge on any atom is 0.228 e. The Balaban J connectivity index is 1.21. The van der Waals surface area contributed by atoms with E-state index in [9.17, 15) is 9.59 Å². The number of nitrogens with two attached hydrogens (primary N) is 1. The van der Waals surface area contributed by atoms with Crippen LogP contribution < -0.4 is 11.1 Å². The number of piperidine rings is 2. The summed E-state index contributed by atoms with van der Waals surface area (Å²) >= 11 is 0. The van der Waals surface area contributed by atoms with E-state index in [1.807, 2.05) is 29.2 Å². The van der Waals surface area contributed by atoms with Gasteiger partial charge < -0.3 is 16.0 Å². The molecule has 2 saturated heterocycles. The van der Waals surface area contributed by atoms with Crippen molar-refractivity contribution in [3.8, 4) is 0 Å². The van der Waals surface area contributed by atoms with Crippen LogP contribution >= 0.6 is 0 Å². The fourth-order valence-electron chi connectivity index (χ4n) is 4.47. The van der Waals surface area contributed by atoms with Crippen molar-refractivity contribution < 1.29 is 9.59 Å². The third-order valence-electron chi connectivity index (χ3n) is 6.28. The third kappa shape index (κ3) is 5.58. The second-order valence-corrected chi connectivity index (χ2v) is 8.44. The van der Waals surface area contributed by atoms with Gasteiger partial charge in [0, 0.05) is 43.9 Å². The molecule has 164 valence electrons. The topological polar surface area (TPSA) is 104 Å². The van der Waals surface area contributed by atoms with Gasteiger partial charge in [-0.3, -0.25) is 14.5 Å². The van der Waals surface area contributed by atoms with Crippen molar-refractivity contribution in [2.24, 2.45) is 11.8 Å². The van der Waals surface area contributed by atoms with Crippen LogP contribution in [0, 0.1) is 11.8 Å². The van der Waals surface area contributed by atoms with Crippen molar-refractivity contribution in [3.05, 3.63) is 48.3 Å². The molecule has 0 saturated carbocycles. The van der Waals surface area contributed by atoms with Gasteiger partial charge in [-0.25, -0.2) is 9.97 Å². The van der Waals surface area contributed by atoms with E-state index in [1.54, 1.807) is 18.5 Å². The number of anilines is 2. The highest BCUT2D eigenvalue weighted by Gasteiger charge is 2.32. The van der Waals surface area contributed by atoms with Crippen molar-refractivity contribution >= 4 is 23.5 Å². The zero-order chi connectivity index (χ0) is 21.6. The molecular weight excluding hydrogens is 392 g/mol. The smallest absolute Gasteiger partial charge is 0.228 e. The number of carbonyl (C=O) groups is 2. The summed E-state index contributed by atoms with van der Waals surface area (Å²) in [6.45, 7) is 3.94. The number of hydrogen-bond acceptors (Lipinski definition) is 6. The zero-order valence-corrected chi connectivity index (χ0v) is 17.7. The second kappa shape index (κ2) is 9.87. The summed E-state index contributed by atoms with van der Waals surface area (Å²) in [6.07, 6.45) is 6.55. The normalized spacial score (nSPS) is 18.6. The molecule has 8 nitrogen and oxygen atoms in total. The number of nitrogens with one attached hydrogen (secondary N) is 1. The average molecular weight is 423 g/mol. The predicted octanol–water partition coefficient (Wildman–Crippen LogP) is 2.15. The number of amides is 2. The highest BCUT2D eigenvalue weighted by molar-refractivity contribution is 5.91. The van der Waals surface area contributed by atoms with Gasteiger partial charge in [-0.1, -0.05) is 6.07 Å². The highest BCUT2D eigenvalue weighted by atomic mass is 16.2. The zero-order valence-electron chi connectivity index (χ0n) is 17.7. The van der Waals surface area contributed by atoms with E-state index in [-0.39, 0.29) is 23.7 Å². The van der Waals surface area contributed by atoms with Crippen LogP contribution in [-0.2, 0) is 16.1 Å². The third-order valence-corrected chi connectivity index (χ3v) is 6.28. The van der Waals surface area contributed by atoms with Crippen LogP contribution in [-0.4, -0.2) is 57.8 Å². The van der Waals surface area contributed by atoms with Crippen molar-refractivity contribution in [1.29, 1.82) is 0 Å². The molecule has 2 amide bonds. The first-order chi connectivity index (χ1) is 15.1. The summed E-state index contributed by atoms with van der Waals surface area (Å²) in [6, 6.07) is 9.35. The summed E-state index contributed by atoms with van der Waals surface area (Å²) in [5, 5.41) is 2.88. The molecule has 0 radical (unpaired) electrons. The van der Waals surface area contributed by atoms with Gasteiger partial charge in [-0.2, -0.15) is 0 Å². The Bertz CT molecular complexity index is 890.